The first-order chi connectivity index (χ1) is 14.7. The first-order valence-corrected chi connectivity index (χ1v) is 10.6. The van der Waals surface area contributed by atoms with Gasteiger partial charge in [-0.05, 0) is 23.8 Å². The molecule has 0 heterocycles. The van der Waals surface area contributed by atoms with E-state index in [2.05, 4.69) is 36.7 Å². The Hall–Kier alpha value is -2.90. The molecule has 8 nitrogen and oxygen atoms in total. The summed E-state index contributed by atoms with van der Waals surface area (Å²) in [6.45, 7) is 10.2. The number of amides is 3. The molecule has 1 atom stereocenters. The van der Waals surface area contributed by atoms with E-state index >= 15 is 0 Å². The van der Waals surface area contributed by atoms with Gasteiger partial charge in [-0.3, -0.25) is 9.59 Å². The quantitative estimate of drug-likeness (QED) is 0.463. The van der Waals surface area contributed by atoms with Crippen LogP contribution >= 0.6 is 0 Å². The van der Waals surface area contributed by atoms with Crippen LogP contribution in [0.5, 0.6) is 0 Å². The molecular formula is C23H37N3O5. The minimum absolute atomic E-state index is 0.0940. The molecule has 0 aromatic heterocycles. The van der Waals surface area contributed by atoms with Crippen LogP contribution in [0.1, 0.15) is 53.0 Å². The summed E-state index contributed by atoms with van der Waals surface area (Å²) in [5, 5.41) is 7.28. The predicted octanol–water partition coefficient (Wildman–Crippen LogP) is 2.81. The maximum atomic E-state index is 12.2. The summed E-state index contributed by atoms with van der Waals surface area (Å²) in [5.41, 5.74) is 0.833. The van der Waals surface area contributed by atoms with Gasteiger partial charge in [-0.15, -0.1) is 0 Å². The molecule has 0 saturated heterocycles. The average Bonchev–Trinajstić information content (AvgIpc) is 2.74. The zero-order valence-corrected chi connectivity index (χ0v) is 19.3. The fraction of sp³-hybridized carbons (Fsp3) is 0.565. The molecule has 174 valence electrons. The Labute approximate surface area is 185 Å². The highest BCUT2D eigenvalue weighted by atomic mass is 16.5. The third-order valence-electron chi connectivity index (χ3n) is 4.15. The van der Waals surface area contributed by atoms with Gasteiger partial charge in [0.05, 0.1) is 13.1 Å². The van der Waals surface area contributed by atoms with E-state index in [1.807, 2.05) is 44.2 Å². The summed E-state index contributed by atoms with van der Waals surface area (Å²) in [7, 11) is 0. The minimum atomic E-state index is -0.822. The number of hydrogen-bond acceptors (Lipinski definition) is 5. The molecule has 3 N–H and O–H groups in total. The highest BCUT2D eigenvalue weighted by Gasteiger charge is 2.23. The van der Waals surface area contributed by atoms with Gasteiger partial charge < -0.3 is 25.5 Å². The molecule has 0 aliphatic heterocycles. The first kappa shape index (κ1) is 28.1. The van der Waals surface area contributed by atoms with Crippen LogP contribution in [0, 0.1) is 11.8 Å². The highest BCUT2D eigenvalue weighted by molar-refractivity contribution is 5.89. The standard InChI is InChI=1S/C18H25N3O5.C5H12/c1-13(2)10-15(17(24)20-11-16(23)19-8-9-22)21-18(25)26-12-14-6-4-3-5-7-14;1-4-5(2)3/h3-7,9,13,15H,8,10-12H2,1-2H3,(H,19,23)(H,20,24)(H,21,25);5H,4H2,1-3H3/t15-;/m0./s1. The van der Waals surface area contributed by atoms with Crippen molar-refractivity contribution in [2.24, 2.45) is 11.8 Å². The van der Waals surface area contributed by atoms with Crippen molar-refractivity contribution in [3.63, 3.8) is 0 Å². The molecule has 1 aromatic carbocycles. The second-order valence-electron chi connectivity index (χ2n) is 7.88. The van der Waals surface area contributed by atoms with Crippen LogP contribution in [0.15, 0.2) is 30.3 Å². The van der Waals surface area contributed by atoms with E-state index in [1.165, 1.54) is 6.42 Å². The fourth-order valence-corrected chi connectivity index (χ4v) is 2.12. The van der Waals surface area contributed by atoms with E-state index in [4.69, 9.17) is 4.74 Å². The zero-order chi connectivity index (χ0) is 23.6. The fourth-order valence-electron chi connectivity index (χ4n) is 2.12. The molecule has 0 spiro atoms. The Morgan fingerprint density at radius 2 is 1.61 bits per heavy atom. The third-order valence-corrected chi connectivity index (χ3v) is 4.15. The lowest BCUT2D eigenvalue weighted by Gasteiger charge is -2.20. The maximum absolute atomic E-state index is 12.2. The topological polar surface area (TPSA) is 114 Å². The Kier molecular flexibility index (Phi) is 15.3. The van der Waals surface area contributed by atoms with E-state index in [0.717, 1.165) is 11.5 Å². The van der Waals surface area contributed by atoms with Crippen molar-refractivity contribution in [1.29, 1.82) is 0 Å². The molecule has 31 heavy (non-hydrogen) atoms. The summed E-state index contributed by atoms with van der Waals surface area (Å²) >= 11 is 0. The summed E-state index contributed by atoms with van der Waals surface area (Å²) in [5.74, 6) is 0.0519. The van der Waals surface area contributed by atoms with Crippen LogP contribution in [0.25, 0.3) is 0 Å². The number of carbonyl (C=O) groups is 4. The summed E-state index contributed by atoms with van der Waals surface area (Å²) in [6, 6.07) is 8.35. The number of alkyl carbamates (subject to hydrolysis) is 1. The molecule has 0 unspecified atom stereocenters. The van der Waals surface area contributed by atoms with Gasteiger partial charge in [0.25, 0.3) is 0 Å². The maximum Gasteiger partial charge on any atom is 0.408 e. The normalized spacial score (nSPS) is 11.1. The molecule has 1 rings (SSSR count). The van der Waals surface area contributed by atoms with Crippen LogP contribution < -0.4 is 16.0 Å². The second-order valence-corrected chi connectivity index (χ2v) is 7.88. The van der Waals surface area contributed by atoms with Crippen molar-refractivity contribution in [2.45, 2.75) is 60.1 Å². The van der Waals surface area contributed by atoms with Crippen LogP contribution in [0.4, 0.5) is 4.79 Å². The Bertz CT molecular complexity index is 662. The van der Waals surface area contributed by atoms with Gasteiger partial charge in [0.15, 0.2) is 0 Å². The Balaban J connectivity index is 0.00000161. The van der Waals surface area contributed by atoms with Crippen molar-refractivity contribution < 1.29 is 23.9 Å². The lowest BCUT2D eigenvalue weighted by Crippen LogP contribution is -2.49. The molecule has 0 aliphatic rings. The number of aldehydes is 1. The SMILES string of the molecule is CC(C)C[C@H](NC(=O)OCc1ccccc1)C(=O)NCC(=O)NCC=O.CCC(C)C. The van der Waals surface area contributed by atoms with Crippen molar-refractivity contribution in [1.82, 2.24) is 16.0 Å². The Morgan fingerprint density at radius 3 is 2.13 bits per heavy atom. The molecule has 8 heteroatoms. The van der Waals surface area contributed by atoms with Gasteiger partial charge in [0.1, 0.15) is 18.9 Å². The lowest BCUT2D eigenvalue weighted by atomic mass is 10.0. The van der Waals surface area contributed by atoms with E-state index in [0.29, 0.717) is 12.7 Å². The van der Waals surface area contributed by atoms with Gasteiger partial charge in [-0.2, -0.15) is 0 Å². The molecule has 3 amide bonds. The summed E-state index contributed by atoms with van der Waals surface area (Å²) in [6.07, 6.45) is 1.54. The first-order valence-electron chi connectivity index (χ1n) is 10.6. The molecule has 0 radical (unpaired) electrons. The van der Waals surface area contributed by atoms with Crippen molar-refractivity contribution in [3.8, 4) is 0 Å². The summed E-state index contributed by atoms with van der Waals surface area (Å²) in [4.78, 5) is 45.8. The van der Waals surface area contributed by atoms with Crippen LogP contribution in [0.2, 0.25) is 0 Å². The minimum Gasteiger partial charge on any atom is -0.445 e. The predicted molar refractivity (Wildman–Crippen MR) is 120 cm³/mol. The van der Waals surface area contributed by atoms with Crippen molar-refractivity contribution in [2.75, 3.05) is 13.1 Å². The van der Waals surface area contributed by atoms with Gasteiger partial charge >= 0.3 is 6.09 Å². The Morgan fingerprint density at radius 1 is 1.00 bits per heavy atom. The van der Waals surface area contributed by atoms with E-state index in [-0.39, 0.29) is 25.6 Å². The van der Waals surface area contributed by atoms with Crippen molar-refractivity contribution in [3.05, 3.63) is 35.9 Å². The zero-order valence-electron chi connectivity index (χ0n) is 19.3. The lowest BCUT2D eigenvalue weighted by molar-refractivity contribution is -0.127. The third kappa shape index (κ3) is 15.6. The number of nitrogens with one attached hydrogen (secondary N) is 3. The number of carbonyl (C=O) groups excluding carboxylic acids is 4. The van der Waals surface area contributed by atoms with E-state index < -0.39 is 23.9 Å². The number of hydrogen-bond donors (Lipinski definition) is 3. The van der Waals surface area contributed by atoms with Gasteiger partial charge in [-0.25, -0.2) is 4.79 Å². The number of ether oxygens (including phenoxy) is 1. The van der Waals surface area contributed by atoms with Gasteiger partial charge in [-0.1, -0.05) is 71.4 Å². The molecular weight excluding hydrogens is 398 g/mol. The molecule has 1 aromatic rings. The second kappa shape index (κ2) is 16.8. The van der Waals surface area contributed by atoms with Crippen LogP contribution in [-0.4, -0.2) is 43.3 Å². The largest absolute Gasteiger partial charge is 0.445 e. The monoisotopic (exact) mass is 435 g/mol. The number of benzene rings is 1. The van der Waals surface area contributed by atoms with Crippen LogP contribution in [0.3, 0.4) is 0 Å². The highest BCUT2D eigenvalue weighted by Crippen LogP contribution is 2.06. The molecule has 0 saturated carbocycles. The number of rotatable bonds is 11. The van der Waals surface area contributed by atoms with E-state index in [1.54, 1.807) is 0 Å². The van der Waals surface area contributed by atoms with Gasteiger partial charge in [0, 0.05) is 0 Å². The van der Waals surface area contributed by atoms with Crippen molar-refractivity contribution >= 4 is 24.2 Å². The smallest absolute Gasteiger partial charge is 0.408 e. The van der Waals surface area contributed by atoms with Gasteiger partial charge in [0.2, 0.25) is 11.8 Å². The molecule has 0 fully saturated rings. The average molecular weight is 436 g/mol. The molecule has 0 aliphatic carbocycles. The van der Waals surface area contributed by atoms with Crippen LogP contribution in [-0.2, 0) is 25.7 Å². The summed E-state index contributed by atoms with van der Waals surface area (Å²) < 4.78 is 5.12. The van der Waals surface area contributed by atoms with E-state index in [9.17, 15) is 19.2 Å². The molecule has 0 bridgehead atoms.